The number of hydrogen-bond acceptors (Lipinski definition) is 5. The van der Waals surface area contributed by atoms with Crippen LogP contribution < -0.4 is 10.1 Å². The third-order valence-electron chi connectivity index (χ3n) is 10.6. The van der Waals surface area contributed by atoms with Crippen LogP contribution in [0.25, 0.3) is 0 Å². The summed E-state index contributed by atoms with van der Waals surface area (Å²) >= 11 is 0. The lowest BCUT2D eigenvalue weighted by atomic mass is 9.49. The van der Waals surface area contributed by atoms with Crippen molar-refractivity contribution in [3.63, 3.8) is 0 Å². The Morgan fingerprint density at radius 1 is 1.05 bits per heavy atom. The number of carbonyl (C=O) groups is 2. The maximum absolute atomic E-state index is 14.1. The van der Waals surface area contributed by atoms with Crippen LogP contribution in [0.1, 0.15) is 69.3 Å². The Morgan fingerprint density at radius 2 is 1.74 bits per heavy atom. The highest BCUT2D eigenvalue weighted by atomic mass is 16.5. The molecule has 1 aromatic carbocycles. The van der Waals surface area contributed by atoms with E-state index in [-0.39, 0.29) is 36.3 Å². The first-order valence-corrected chi connectivity index (χ1v) is 14.8. The fourth-order valence-corrected chi connectivity index (χ4v) is 9.26. The average molecular weight is 521 g/mol. The maximum Gasteiger partial charge on any atom is 0.247 e. The lowest BCUT2D eigenvalue weighted by molar-refractivity contribution is -0.151. The van der Waals surface area contributed by atoms with Crippen LogP contribution in [-0.2, 0) is 9.59 Å². The van der Waals surface area contributed by atoms with E-state index in [4.69, 9.17) is 4.74 Å². The molecule has 204 valence electrons. The molecule has 4 atom stereocenters. The number of ether oxygens (including phenoxy) is 1. The largest absolute Gasteiger partial charge is 0.486 e. The van der Waals surface area contributed by atoms with Crippen LogP contribution in [0.15, 0.2) is 35.9 Å². The number of para-hydroxylation sites is 1. The van der Waals surface area contributed by atoms with E-state index in [9.17, 15) is 19.8 Å². The number of nitrogens with zero attached hydrogens (tertiary/aromatic N) is 1. The Labute approximate surface area is 224 Å². The summed E-state index contributed by atoms with van der Waals surface area (Å²) in [5, 5.41) is 24.0. The number of carbonyl (C=O) groups excluding carboxylic acids is 2. The standard InChI is InChI=1S/C31H40N2O5/c34-9-8-32-29(36)23-13-24(27(35)28-26(23)22-6-1-2-7-25(22)38-28)33(30(37)21-4-3-5-21)17-31-14-18-10-19(15-31)12-20(11-18)16-31/h1-2,6-7,13,18-21,24,26-28,34-35H,3-5,8-12,14-17H2,(H,32,36). The van der Waals surface area contributed by atoms with Gasteiger partial charge in [0.2, 0.25) is 11.8 Å². The van der Waals surface area contributed by atoms with Crippen molar-refractivity contribution >= 4 is 11.8 Å². The molecule has 1 heterocycles. The van der Waals surface area contributed by atoms with E-state index < -0.39 is 24.2 Å². The quantitative estimate of drug-likeness (QED) is 0.513. The summed E-state index contributed by atoms with van der Waals surface area (Å²) in [4.78, 5) is 29.5. The second-order valence-electron chi connectivity index (χ2n) is 13.2. The van der Waals surface area contributed by atoms with Crippen LogP contribution in [0.3, 0.4) is 0 Å². The molecular weight excluding hydrogens is 480 g/mol. The first-order valence-electron chi connectivity index (χ1n) is 14.8. The molecule has 0 spiro atoms. The monoisotopic (exact) mass is 520 g/mol. The maximum atomic E-state index is 14.1. The minimum absolute atomic E-state index is 0.00981. The van der Waals surface area contributed by atoms with Crippen molar-refractivity contribution in [2.45, 2.75) is 82.0 Å². The second-order valence-corrected chi connectivity index (χ2v) is 13.2. The van der Waals surface area contributed by atoms with Gasteiger partial charge in [0.25, 0.3) is 0 Å². The number of hydrogen-bond donors (Lipinski definition) is 3. The normalized spacial score (nSPS) is 38.5. The van der Waals surface area contributed by atoms with E-state index >= 15 is 0 Å². The molecule has 7 aliphatic rings. The van der Waals surface area contributed by atoms with Crippen LogP contribution >= 0.6 is 0 Å². The second kappa shape index (κ2) is 9.37. The molecule has 7 nitrogen and oxygen atoms in total. The predicted octanol–water partition coefficient (Wildman–Crippen LogP) is 3.15. The van der Waals surface area contributed by atoms with E-state index in [2.05, 4.69) is 5.32 Å². The Hall–Kier alpha value is -2.38. The smallest absolute Gasteiger partial charge is 0.247 e. The van der Waals surface area contributed by atoms with Gasteiger partial charge in [0, 0.05) is 30.1 Å². The van der Waals surface area contributed by atoms with Gasteiger partial charge in [-0.15, -0.1) is 0 Å². The molecular formula is C31H40N2O5. The van der Waals surface area contributed by atoms with E-state index in [0.29, 0.717) is 17.9 Å². The van der Waals surface area contributed by atoms with Gasteiger partial charge in [0.15, 0.2) is 0 Å². The summed E-state index contributed by atoms with van der Waals surface area (Å²) in [7, 11) is 0. The molecule has 2 amide bonds. The zero-order chi connectivity index (χ0) is 26.0. The van der Waals surface area contributed by atoms with Gasteiger partial charge in [0.1, 0.15) is 18.0 Å². The summed E-state index contributed by atoms with van der Waals surface area (Å²) in [6.45, 7) is 0.672. The number of benzene rings is 1. The summed E-state index contributed by atoms with van der Waals surface area (Å²) in [6, 6.07) is 7.04. The minimum atomic E-state index is -0.931. The van der Waals surface area contributed by atoms with Crippen LogP contribution in [-0.4, -0.2) is 64.9 Å². The Bertz CT molecular complexity index is 1110. The van der Waals surface area contributed by atoms with Gasteiger partial charge in [-0.1, -0.05) is 24.6 Å². The number of aliphatic hydroxyl groups is 2. The zero-order valence-electron chi connectivity index (χ0n) is 22.1. The Balaban J connectivity index is 1.26. The van der Waals surface area contributed by atoms with E-state index in [0.717, 1.165) is 42.6 Å². The highest BCUT2D eigenvalue weighted by Crippen LogP contribution is 2.60. The third kappa shape index (κ3) is 4.00. The van der Waals surface area contributed by atoms with Crippen LogP contribution in [0.5, 0.6) is 5.75 Å². The molecule has 7 heteroatoms. The summed E-state index contributed by atoms with van der Waals surface area (Å²) in [5.41, 5.74) is 1.54. The van der Waals surface area contributed by atoms with E-state index in [1.165, 1.54) is 38.5 Å². The van der Waals surface area contributed by atoms with Gasteiger partial charge in [-0.2, -0.15) is 0 Å². The van der Waals surface area contributed by atoms with Gasteiger partial charge < -0.3 is 25.2 Å². The van der Waals surface area contributed by atoms with Crippen molar-refractivity contribution in [1.29, 1.82) is 0 Å². The fourth-order valence-electron chi connectivity index (χ4n) is 9.26. The predicted molar refractivity (Wildman–Crippen MR) is 141 cm³/mol. The molecule has 0 saturated heterocycles. The van der Waals surface area contributed by atoms with Gasteiger partial charge in [0.05, 0.1) is 18.6 Å². The average Bonchev–Trinajstić information content (AvgIpc) is 3.25. The molecule has 3 N–H and O–H groups in total. The lowest BCUT2D eigenvalue weighted by Crippen LogP contribution is -2.61. The SMILES string of the molecule is O=C(NCCO)C1=CC(N(CC23CC4CC(CC(C4)C2)C3)C(=O)C2CCC2)C(O)C2Oc3ccccc3C12. The number of amides is 2. The van der Waals surface area contributed by atoms with Crippen molar-refractivity contribution in [3.8, 4) is 5.75 Å². The van der Waals surface area contributed by atoms with Crippen molar-refractivity contribution in [3.05, 3.63) is 41.5 Å². The summed E-state index contributed by atoms with van der Waals surface area (Å²) in [6.07, 6.45) is 10.7. The van der Waals surface area contributed by atoms with Gasteiger partial charge in [-0.3, -0.25) is 9.59 Å². The number of aliphatic hydroxyl groups excluding tert-OH is 2. The molecule has 5 saturated carbocycles. The zero-order valence-corrected chi connectivity index (χ0v) is 22.1. The molecule has 1 aliphatic heterocycles. The van der Waals surface area contributed by atoms with E-state index in [1.807, 2.05) is 35.2 Å². The first kappa shape index (κ1) is 24.6. The Kier molecular flexibility index (Phi) is 6.08. The molecule has 4 bridgehead atoms. The van der Waals surface area contributed by atoms with Crippen LogP contribution in [0, 0.1) is 29.1 Å². The van der Waals surface area contributed by atoms with E-state index in [1.54, 1.807) is 0 Å². The number of rotatable bonds is 7. The van der Waals surface area contributed by atoms with Gasteiger partial charge >= 0.3 is 0 Å². The van der Waals surface area contributed by atoms with Crippen LogP contribution in [0.2, 0.25) is 0 Å². The molecule has 6 aliphatic carbocycles. The van der Waals surface area contributed by atoms with Crippen molar-refractivity contribution in [2.75, 3.05) is 19.7 Å². The molecule has 0 aromatic heterocycles. The molecule has 0 radical (unpaired) electrons. The van der Waals surface area contributed by atoms with Gasteiger partial charge in [-0.05, 0) is 86.7 Å². The molecule has 8 rings (SSSR count). The summed E-state index contributed by atoms with van der Waals surface area (Å²) in [5.74, 6) is 2.46. The molecule has 38 heavy (non-hydrogen) atoms. The molecule has 1 aromatic rings. The molecule has 4 unspecified atom stereocenters. The topological polar surface area (TPSA) is 99.1 Å². The van der Waals surface area contributed by atoms with Crippen molar-refractivity contribution < 1.29 is 24.5 Å². The third-order valence-corrected chi connectivity index (χ3v) is 10.6. The molecule has 5 fully saturated rings. The highest BCUT2D eigenvalue weighted by molar-refractivity contribution is 5.96. The lowest BCUT2D eigenvalue weighted by Gasteiger charge is -2.58. The number of fused-ring (bicyclic) bond motifs is 3. The van der Waals surface area contributed by atoms with Crippen molar-refractivity contribution in [1.82, 2.24) is 10.2 Å². The minimum Gasteiger partial charge on any atom is -0.486 e. The summed E-state index contributed by atoms with van der Waals surface area (Å²) < 4.78 is 6.30. The number of nitrogens with one attached hydrogen (secondary N) is 1. The van der Waals surface area contributed by atoms with Gasteiger partial charge in [-0.25, -0.2) is 0 Å². The fraction of sp³-hybridized carbons (Fsp3) is 0.677. The van der Waals surface area contributed by atoms with Crippen LogP contribution in [0.4, 0.5) is 0 Å². The highest BCUT2D eigenvalue weighted by Gasteiger charge is 2.55. The first-order chi connectivity index (χ1) is 18.4. The van der Waals surface area contributed by atoms with Crippen molar-refractivity contribution in [2.24, 2.45) is 29.1 Å². The Morgan fingerprint density at radius 3 is 2.37 bits per heavy atom.